The molecule has 3 atom stereocenters. The van der Waals surface area contributed by atoms with Crippen LogP contribution in [0.15, 0.2) is 11.6 Å². The maximum atomic E-state index is 10.1. The first kappa shape index (κ1) is 10.2. The fourth-order valence-corrected chi connectivity index (χ4v) is 3.91. The number of aliphatic hydroxyl groups excluding tert-OH is 1. The summed E-state index contributed by atoms with van der Waals surface area (Å²) in [7, 11) is 0. The molecular formula is C13H22O. The van der Waals surface area contributed by atoms with Gasteiger partial charge in [-0.3, -0.25) is 0 Å². The van der Waals surface area contributed by atoms with Gasteiger partial charge in [-0.2, -0.15) is 0 Å². The molecule has 80 valence electrons. The van der Waals surface area contributed by atoms with E-state index in [1.54, 1.807) is 0 Å². The van der Waals surface area contributed by atoms with Crippen molar-refractivity contribution in [3.63, 3.8) is 0 Å². The SMILES string of the molecule is CC1=CC(O)C2C(C)(C)CCCC12C. The number of hydrogen-bond donors (Lipinski definition) is 1. The largest absolute Gasteiger partial charge is 0.389 e. The van der Waals surface area contributed by atoms with Crippen LogP contribution < -0.4 is 0 Å². The highest BCUT2D eigenvalue weighted by Crippen LogP contribution is 2.59. The summed E-state index contributed by atoms with van der Waals surface area (Å²) in [6.07, 6.45) is 5.68. The van der Waals surface area contributed by atoms with Crippen LogP contribution in [-0.2, 0) is 0 Å². The smallest absolute Gasteiger partial charge is 0.0765 e. The Morgan fingerprint density at radius 3 is 2.50 bits per heavy atom. The molecule has 0 bridgehead atoms. The van der Waals surface area contributed by atoms with Gasteiger partial charge in [0.05, 0.1) is 6.10 Å². The van der Waals surface area contributed by atoms with Gasteiger partial charge in [-0.25, -0.2) is 0 Å². The molecule has 14 heavy (non-hydrogen) atoms. The standard InChI is InChI=1S/C13H22O/c1-9-8-10(14)11-12(2,3)6-5-7-13(9,11)4/h8,10-11,14H,5-7H2,1-4H3. The third-order valence-electron chi connectivity index (χ3n) is 4.71. The van der Waals surface area contributed by atoms with Crippen LogP contribution in [0.2, 0.25) is 0 Å². The molecule has 0 radical (unpaired) electrons. The lowest BCUT2D eigenvalue weighted by Crippen LogP contribution is -2.44. The maximum Gasteiger partial charge on any atom is 0.0765 e. The monoisotopic (exact) mass is 194 g/mol. The van der Waals surface area contributed by atoms with E-state index in [1.165, 1.54) is 24.8 Å². The van der Waals surface area contributed by atoms with Crippen LogP contribution in [0, 0.1) is 16.7 Å². The molecule has 3 unspecified atom stereocenters. The van der Waals surface area contributed by atoms with Gasteiger partial charge in [0.2, 0.25) is 0 Å². The molecule has 0 amide bonds. The number of hydrogen-bond acceptors (Lipinski definition) is 1. The minimum absolute atomic E-state index is 0.213. The van der Waals surface area contributed by atoms with E-state index >= 15 is 0 Å². The molecule has 0 aliphatic heterocycles. The third kappa shape index (κ3) is 1.18. The van der Waals surface area contributed by atoms with Crippen molar-refractivity contribution in [1.82, 2.24) is 0 Å². The summed E-state index contributed by atoms with van der Waals surface area (Å²) in [6.45, 7) is 9.14. The average molecular weight is 194 g/mol. The van der Waals surface area contributed by atoms with Gasteiger partial charge >= 0.3 is 0 Å². The molecule has 1 heteroatoms. The summed E-state index contributed by atoms with van der Waals surface area (Å²) in [5, 5.41) is 10.1. The Morgan fingerprint density at radius 1 is 1.29 bits per heavy atom. The first-order valence-electron chi connectivity index (χ1n) is 5.75. The van der Waals surface area contributed by atoms with Crippen molar-refractivity contribution in [2.24, 2.45) is 16.7 Å². The van der Waals surface area contributed by atoms with Gasteiger partial charge < -0.3 is 5.11 Å². The van der Waals surface area contributed by atoms with Crippen LogP contribution in [0.4, 0.5) is 0 Å². The lowest BCUT2D eigenvalue weighted by atomic mass is 9.56. The molecule has 0 heterocycles. The van der Waals surface area contributed by atoms with Crippen molar-refractivity contribution in [3.8, 4) is 0 Å². The van der Waals surface area contributed by atoms with E-state index in [2.05, 4.69) is 33.8 Å². The highest BCUT2D eigenvalue weighted by Gasteiger charge is 2.53. The van der Waals surface area contributed by atoms with Crippen molar-refractivity contribution < 1.29 is 5.11 Å². The zero-order valence-corrected chi connectivity index (χ0v) is 9.80. The predicted octanol–water partition coefficient (Wildman–Crippen LogP) is 3.14. The van der Waals surface area contributed by atoms with Crippen molar-refractivity contribution in [3.05, 3.63) is 11.6 Å². The Balaban J connectivity index is 2.40. The van der Waals surface area contributed by atoms with E-state index in [0.717, 1.165) is 0 Å². The van der Waals surface area contributed by atoms with Crippen molar-refractivity contribution in [2.75, 3.05) is 0 Å². The lowest BCUT2D eigenvalue weighted by molar-refractivity contribution is -0.0273. The Labute approximate surface area is 87.2 Å². The molecule has 0 saturated heterocycles. The van der Waals surface area contributed by atoms with Crippen LogP contribution >= 0.6 is 0 Å². The topological polar surface area (TPSA) is 20.2 Å². The molecular weight excluding hydrogens is 172 g/mol. The van der Waals surface area contributed by atoms with Crippen LogP contribution in [0.3, 0.4) is 0 Å². The number of aliphatic hydroxyl groups is 1. The zero-order chi connectivity index (χ0) is 10.6. The number of rotatable bonds is 0. The quantitative estimate of drug-likeness (QED) is 0.587. The molecule has 1 N–H and O–H groups in total. The van der Waals surface area contributed by atoms with Crippen molar-refractivity contribution in [2.45, 2.75) is 53.1 Å². The summed E-state index contributed by atoms with van der Waals surface area (Å²) in [5.74, 6) is 0.434. The van der Waals surface area contributed by atoms with Gasteiger partial charge in [-0.15, -0.1) is 0 Å². The van der Waals surface area contributed by atoms with Gasteiger partial charge in [-0.1, -0.05) is 38.8 Å². The molecule has 1 nitrogen and oxygen atoms in total. The van der Waals surface area contributed by atoms with Gasteiger partial charge in [-0.05, 0) is 30.6 Å². The number of allylic oxidation sites excluding steroid dienone is 1. The molecule has 2 rings (SSSR count). The molecule has 1 saturated carbocycles. The van der Waals surface area contributed by atoms with Crippen LogP contribution in [0.1, 0.15) is 47.0 Å². The van der Waals surface area contributed by atoms with Crippen LogP contribution in [-0.4, -0.2) is 11.2 Å². The molecule has 2 aliphatic rings. The van der Waals surface area contributed by atoms with Gasteiger partial charge in [0.25, 0.3) is 0 Å². The van der Waals surface area contributed by atoms with E-state index < -0.39 is 0 Å². The summed E-state index contributed by atoms with van der Waals surface area (Å²) < 4.78 is 0. The zero-order valence-electron chi connectivity index (χ0n) is 9.80. The van der Waals surface area contributed by atoms with Gasteiger partial charge in [0, 0.05) is 5.92 Å². The molecule has 0 aromatic carbocycles. The molecule has 0 spiro atoms. The van der Waals surface area contributed by atoms with Crippen LogP contribution in [0.5, 0.6) is 0 Å². The van der Waals surface area contributed by atoms with E-state index in [-0.39, 0.29) is 11.5 Å². The Kier molecular flexibility index (Phi) is 2.08. The Hall–Kier alpha value is -0.300. The summed E-state index contributed by atoms with van der Waals surface area (Å²) in [6, 6.07) is 0. The normalized spacial score (nSPS) is 45.9. The highest BCUT2D eigenvalue weighted by molar-refractivity contribution is 5.26. The van der Waals surface area contributed by atoms with E-state index in [9.17, 15) is 5.11 Å². The van der Waals surface area contributed by atoms with E-state index in [0.29, 0.717) is 11.3 Å². The average Bonchev–Trinajstić information content (AvgIpc) is 2.22. The lowest BCUT2D eigenvalue weighted by Gasteiger charge is -2.49. The van der Waals surface area contributed by atoms with E-state index in [4.69, 9.17) is 0 Å². The maximum absolute atomic E-state index is 10.1. The molecule has 0 aromatic rings. The Morgan fingerprint density at radius 2 is 1.93 bits per heavy atom. The second kappa shape index (κ2) is 2.85. The molecule has 0 aromatic heterocycles. The third-order valence-corrected chi connectivity index (χ3v) is 4.71. The fourth-order valence-electron chi connectivity index (χ4n) is 3.91. The molecule has 2 aliphatic carbocycles. The fraction of sp³-hybridized carbons (Fsp3) is 0.846. The van der Waals surface area contributed by atoms with Crippen LogP contribution in [0.25, 0.3) is 0 Å². The first-order valence-corrected chi connectivity index (χ1v) is 5.75. The second-order valence-corrected chi connectivity index (χ2v) is 6.08. The highest BCUT2D eigenvalue weighted by atomic mass is 16.3. The minimum atomic E-state index is -0.213. The summed E-state index contributed by atoms with van der Waals surface area (Å²) in [4.78, 5) is 0. The Bertz CT molecular complexity index is 277. The van der Waals surface area contributed by atoms with Crippen molar-refractivity contribution >= 4 is 0 Å². The summed E-state index contributed by atoms with van der Waals surface area (Å²) in [5.41, 5.74) is 1.96. The number of fused-ring (bicyclic) bond motifs is 1. The van der Waals surface area contributed by atoms with E-state index in [1.807, 2.05) is 0 Å². The van der Waals surface area contributed by atoms with Gasteiger partial charge in [0.1, 0.15) is 0 Å². The predicted molar refractivity (Wildman–Crippen MR) is 59.0 cm³/mol. The summed E-state index contributed by atoms with van der Waals surface area (Å²) >= 11 is 0. The molecule has 1 fully saturated rings. The first-order chi connectivity index (χ1) is 6.38. The van der Waals surface area contributed by atoms with Gasteiger partial charge in [0.15, 0.2) is 0 Å². The minimum Gasteiger partial charge on any atom is -0.389 e. The van der Waals surface area contributed by atoms with Crippen molar-refractivity contribution in [1.29, 1.82) is 0 Å². The second-order valence-electron chi connectivity index (χ2n) is 6.08.